The van der Waals surface area contributed by atoms with E-state index in [0.29, 0.717) is 17.1 Å². The van der Waals surface area contributed by atoms with Gasteiger partial charge < -0.3 is 9.84 Å². The zero-order chi connectivity index (χ0) is 13.0. The Bertz CT molecular complexity index is 629. The Morgan fingerprint density at radius 3 is 2.67 bits per heavy atom. The van der Waals surface area contributed by atoms with Crippen molar-refractivity contribution in [1.29, 1.82) is 5.26 Å². The van der Waals surface area contributed by atoms with Crippen molar-refractivity contribution in [3.63, 3.8) is 0 Å². The van der Waals surface area contributed by atoms with E-state index in [1.807, 2.05) is 6.07 Å². The van der Waals surface area contributed by atoms with Crippen LogP contribution >= 0.6 is 0 Å². The quantitative estimate of drug-likeness (QED) is 0.893. The Morgan fingerprint density at radius 1 is 1.17 bits per heavy atom. The fourth-order valence-corrected chi connectivity index (χ4v) is 1.47. The highest BCUT2D eigenvalue weighted by Crippen LogP contribution is 2.25. The van der Waals surface area contributed by atoms with E-state index in [0.717, 1.165) is 0 Å². The highest BCUT2D eigenvalue weighted by Gasteiger charge is 2.06. The van der Waals surface area contributed by atoms with Gasteiger partial charge in [0.25, 0.3) is 0 Å². The van der Waals surface area contributed by atoms with Crippen LogP contribution in [-0.2, 0) is 0 Å². The monoisotopic (exact) mass is 239 g/mol. The van der Waals surface area contributed by atoms with Crippen LogP contribution in [0, 0.1) is 11.3 Å². The molecule has 0 heterocycles. The minimum atomic E-state index is -1.02. The van der Waals surface area contributed by atoms with Gasteiger partial charge >= 0.3 is 5.97 Å². The molecule has 0 aliphatic rings. The van der Waals surface area contributed by atoms with Crippen molar-refractivity contribution in [3.05, 3.63) is 59.7 Å². The Kier molecular flexibility index (Phi) is 3.26. The summed E-state index contributed by atoms with van der Waals surface area (Å²) in [6, 6.07) is 14.9. The van der Waals surface area contributed by atoms with E-state index in [1.165, 1.54) is 12.1 Å². The smallest absolute Gasteiger partial charge is 0.335 e. The molecule has 4 nitrogen and oxygen atoms in total. The summed E-state index contributed by atoms with van der Waals surface area (Å²) in [5.74, 6) is -0.228. The van der Waals surface area contributed by atoms with E-state index in [-0.39, 0.29) is 5.56 Å². The zero-order valence-electron chi connectivity index (χ0n) is 9.33. The molecule has 4 heteroatoms. The number of hydrogen-bond donors (Lipinski definition) is 1. The molecule has 1 N–H and O–H groups in total. The van der Waals surface area contributed by atoms with Crippen LogP contribution in [0.5, 0.6) is 11.5 Å². The van der Waals surface area contributed by atoms with Gasteiger partial charge in [-0.15, -0.1) is 0 Å². The van der Waals surface area contributed by atoms with Crippen LogP contribution in [0.4, 0.5) is 0 Å². The zero-order valence-corrected chi connectivity index (χ0v) is 9.33. The first-order valence-corrected chi connectivity index (χ1v) is 5.21. The predicted octanol–water partition coefficient (Wildman–Crippen LogP) is 3.05. The molecule has 0 saturated heterocycles. The van der Waals surface area contributed by atoms with Gasteiger partial charge in [-0.25, -0.2) is 4.79 Å². The van der Waals surface area contributed by atoms with Gasteiger partial charge in [-0.3, -0.25) is 0 Å². The summed E-state index contributed by atoms with van der Waals surface area (Å²) in [6.45, 7) is 0. The summed E-state index contributed by atoms with van der Waals surface area (Å²) < 4.78 is 5.51. The lowest BCUT2D eigenvalue weighted by Crippen LogP contribution is -1.96. The molecule has 0 radical (unpaired) electrons. The molecule has 0 aliphatic carbocycles. The molecule has 0 fully saturated rings. The van der Waals surface area contributed by atoms with Gasteiger partial charge in [0.15, 0.2) is 0 Å². The molecule has 2 aromatic carbocycles. The van der Waals surface area contributed by atoms with Crippen LogP contribution in [0.1, 0.15) is 15.9 Å². The number of carboxylic acid groups (broad SMARTS) is 1. The van der Waals surface area contributed by atoms with Crippen molar-refractivity contribution in [2.45, 2.75) is 0 Å². The van der Waals surface area contributed by atoms with Gasteiger partial charge in [0.2, 0.25) is 0 Å². The first-order valence-electron chi connectivity index (χ1n) is 5.21. The van der Waals surface area contributed by atoms with Crippen LogP contribution in [0.25, 0.3) is 0 Å². The Balaban J connectivity index is 2.32. The number of aromatic carboxylic acids is 1. The molecule has 0 atom stereocenters. The lowest BCUT2D eigenvalue weighted by atomic mass is 10.2. The lowest BCUT2D eigenvalue weighted by molar-refractivity contribution is 0.0696. The summed E-state index contributed by atoms with van der Waals surface area (Å²) in [6.07, 6.45) is 0. The van der Waals surface area contributed by atoms with E-state index >= 15 is 0 Å². The third-order valence-corrected chi connectivity index (χ3v) is 2.32. The molecule has 0 spiro atoms. The van der Waals surface area contributed by atoms with E-state index in [1.54, 1.807) is 36.4 Å². The lowest BCUT2D eigenvalue weighted by Gasteiger charge is -2.07. The van der Waals surface area contributed by atoms with Crippen molar-refractivity contribution in [2.75, 3.05) is 0 Å². The van der Waals surface area contributed by atoms with E-state index in [4.69, 9.17) is 15.1 Å². The van der Waals surface area contributed by atoms with Gasteiger partial charge in [0.1, 0.15) is 17.6 Å². The molecule has 0 unspecified atom stereocenters. The predicted molar refractivity (Wildman–Crippen MR) is 64.6 cm³/mol. The summed E-state index contributed by atoms with van der Waals surface area (Å²) in [5.41, 5.74) is 0.542. The topological polar surface area (TPSA) is 70.3 Å². The molecule has 0 amide bonds. The standard InChI is InChI=1S/C14H9NO3/c15-9-11-4-1-2-7-13(11)18-12-6-3-5-10(8-12)14(16)17/h1-8H,(H,16,17). The van der Waals surface area contributed by atoms with Crippen molar-refractivity contribution in [3.8, 4) is 17.6 Å². The minimum Gasteiger partial charge on any atom is -0.478 e. The van der Waals surface area contributed by atoms with Crippen molar-refractivity contribution in [2.24, 2.45) is 0 Å². The van der Waals surface area contributed by atoms with Crippen LogP contribution < -0.4 is 4.74 Å². The number of para-hydroxylation sites is 1. The Labute approximate surface area is 104 Å². The number of nitriles is 1. The van der Waals surface area contributed by atoms with Crippen LogP contribution in [0.3, 0.4) is 0 Å². The van der Waals surface area contributed by atoms with Gasteiger partial charge in [0, 0.05) is 0 Å². The van der Waals surface area contributed by atoms with E-state index in [9.17, 15) is 4.79 Å². The van der Waals surface area contributed by atoms with Gasteiger partial charge in [-0.05, 0) is 30.3 Å². The second-order valence-electron chi connectivity index (χ2n) is 3.54. The van der Waals surface area contributed by atoms with E-state index < -0.39 is 5.97 Å². The highest BCUT2D eigenvalue weighted by atomic mass is 16.5. The summed E-state index contributed by atoms with van der Waals surface area (Å²) in [4.78, 5) is 10.8. The van der Waals surface area contributed by atoms with Crippen molar-refractivity contribution >= 4 is 5.97 Å². The largest absolute Gasteiger partial charge is 0.478 e. The third-order valence-electron chi connectivity index (χ3n) is 2.32. The first kappa shape index (κ1) is 11.7. The first-order chi connectivity index (χ1) is 8.70. The maximum Gasteiger partial charge on any atom is 0.335 e. The van der Waals surface area contributed by atoms with Crippen LogP contribution in [-0.4, -0.2) is 11.1 Å². The highest BCUT2D eigenvalue weighted by molar-refractivity contribution is 5.88. The van der Waals surface area contributed by atoms with E-state index in [2.05, 4.69) is 0 Å². The maximum atomic E-state index is 10.8. The second kappa shape index (κ2) is 5.02. The number of benzene rings is 2. The van der Waals surface area contributed by atoms with Crippen molar-refractivity contribution in [1.82, 2.24) is 0 Å². The number of nitrogens with zero attached hydrogens (tertiary/aromatic N) is 1. The van der Waals surface area contributed by atoms with Gasteiger partial charge in [0.05, 0.1) is 11.1 Å². The molecule has 88 valence electrons. The second-order valence-corrected chi connectivity index (χ2v) is 3.54. The number of carbonyl (C=O) groups is 1. The average molecular weight is 239 g/mol. The number of rotatable bonds is 3. The number of ether oxygens (including phenoxy) is 1. The molecule has 0 aromatic heterocycles. The molecule has 0 aliphatic heterocycles. The fraction of sp³-hybridized carbons (Fsp3) is 0. The fourth-order valence-electron chi connectivity index (χ4n) is 1.47. The molecular weight excluding hydrogens is 230 g/mol. The Morgan fingerprint density at radius 2 is 1.94 bits per heavy atom. The molecule has 0 bridgehead atoms. The molecule has 2 rings (SSSR count). The maximum absolute atomic E-state index is 10.8. The normalized spacial score (nSPS) is 9.50. The number of hydrogen-bond acceptors (Lipinski definition) is 3. The van der Waals surface area contributed by atoms with Gasteiger partial charge in [-0.1, -0.05) is 18.2 Å². The minimum absolute atomic E-state index is 0.141. The van der Waals surface area contributed by atoms with Crippen LogP contribution in [0.15, 0.2) is 48.5 Å². The summed E-state index contributed by atoms with van der Waals surface area (Å²) >= 11 is 0. The van der Waals surface area contributed by atoms with Gasteiger partial charge in [-0.2, -0.15) is 5.26 Å². The molecule has 2 aromatic rings. The summed E-state index contributed by atoms with van der Waals surface area (Å²) in [5, 5.41) is 17.8. The third kappa shape index (κ3) is 2.47. The molecular formula is C14H9NO3. The SMILES string of the molecule is N#Cc1ccccc1Oc1cccc(C(=O)O)c1. The summed E-state index contributed by atoms with van der Waals surface area (Å²) in [7, 11) is 0. The number of carboxylic acids is 1. The molecule has 18 heavy (non-hydrogen) atoms. The molecule has 0 saturated carbocycles. The van der Waals surface area contributed by atoms with Crippen LogP contribution in [0.2, 0.25) is 0 Å². The average Bonchev–Trinajstić information content (AvgIpc) is 2.39. The Hall–Kier alpha value is -2.80. The van der Waals surface area contributed by atoms with Crippen molar-refractivity contribution < 1.29 is 14.6 Å².